The molecule has 1 aromatic rings. The lowest BCUT2D eigenvalue weighted by atomic mass is 9.75. The zero-order valence-corrected chi connectivity index (χ0v) is 12.2. The van der Waals surface area contributed by atoms with Gasteiger partial charge in [-0.15, -0.1) is 0 Å². The van der Waals surface area contributed by atoms with Crippen molar-refractivity contribution < 1.29 is 9.53 Å². The van der Waals surface area contributed by atoms with Crippen LogP contribution in [0.25, 0.3) is 0 Å². The third-order valence-electron chi connectivity index (χ3n) is 3.90. The van der Waals surface area contributed by atoms with Crippen LogP contribution in [0.4, 0.5) is 0 Å². The first-order valence-corrected chi connectivity index (χ1v) is 7.00. The third kappa shape index (κ3) is 2.73. The van der Waals surface area contributed by atoms with Crippen LogP contribution in [0.1, 0.15) is 43.9 Å². The quantitative estimate of drug-likeness (QED) is 0.774. The minimum atomic E-state index is -1.37. The molecule has 0 bridgehead atoms. The Morgan fingerprint density at radius 2 is 2.14 bits per heavy atom. The molecular formula is C16H17N3O2. The lowest BCUT2D eigenvalue weighted by molar-refractivity contribution is -0.150. The maximum atomic E-state index is 12.3. The van der Waals surface area contributed by atoms with E-state index < -0.39 is 17.3 Å². The molecule has 108 valence electrons. The standard InChI is InChI=1S/C16H17N3O2/c1-3-21-15(20)16(2,13(8-17)9-18)14-7-6-12(10-19-14)11-4-5-11/h6-7,10-11,13H,3-5H2,1-2H3. The van der Waals surface area contributed by atoms with Crippen LogP contribution in [0.5, 0.6) is 0 Å². The highest BCUT2D eigenvalue weighted by Gasteiger charge is 2.46. The molecule has 2 rings (SSSR count). The number of rotatable bonds is 5. The Morgan fingerprint density at radius 1 is 1.48 bits per heavy atom. The fourth-order valence-corrected chi connectivity index (χ4v) is 2.31. The summed E-state index contributed by atoms with van der Waals surface area (Å²) < 4.78 is 5.05. The summed E-state index contributed by atoms with van der Waals surface area (Å²) in [5, 5.41) is 18.4. The molecule has 5 heteroatoms. The first kappa shape index (κ1) is 15.0. The number of hydrogen-bond donors (Lipinski definition) is 0. The molecule has 0 radical (unpaired) electrons. The summed E-state index contributed by atoms with van der Waals surface area (Å²) in [7, 11) is 0. The monoisotopic (exact) mass is 283 g/mol. The molecule has 1 atom stereocenters. The zero-order valence-electron chi connectivity index (χ0n) is 12.2. The Kier molecular flexibility index (Phi) is 4.23. The predicted molar refractivity (Wildman–Crippen MR) is 74.9 cm³/mol. The van der Waals surface area contributed by atoms with Gasteiger partial charge in [-0.2, -0.15) is 10.5 Å². The van der Waals surface area contributed by atoms with E-state index in [0.717, 1.165) is 18.4 Å². The van der Waals surface area contributed by atoms with Gasteiger partial charge in [0.15, 0.2) is 5.92 Å². The fourth-order valence-electron chi connectivity index (χ4n) is 2.31. The van der Waals surface area contributed by atoms with Crippen LogP contribution in [0.15, 0.2) is 18.3 Å². The van der Waals surface area contributed by atoms with Crippen LogP contribution in [0, 0.1) is 28.6 Å². The van der Waals surface area contributed by atoms with Gasteiger partial charge in [0.05, 0.1) is 24.4 Å². The molecule has 1 unspecified atom stereocenters. The first-order valence-electron chi connectivity index (χ1n) is 7.00. The third-order valence-corrected chi connectivity index (χ3v) is 3.90. The molecule has 1 aliphatic rings. The number of pyridine rings is 1. The van der Waals surface area contributed by atoms with Crippen molar-refractivity contribution in [2.24, 2.45) is 5.92 Å². The second kappa shape index (κ2) is 5.93. The van der Waals surface area contributed by atoms with Crippen LogP contribution >= 0.6 is 0 Å². The molecule has 0 aliphatic heterocycles. The van der Waals surface area contributed by atoms with Gasteiger partial charge in [-0.1, -0.05) is 6.07 Å². The zero-order chi connectivity index (χ0) is 15.5. The number of nitriles is 2. The van der Waals surface area contributed by atoms with Gasteiger partial charge in [0, 0.05) is 6.20 Å². The number of aromatic nitrogens is 1. The van der Waals surface area contributed by atoms with E-state index in [1.807, 2.05) is 18.2 Å². The molecule has 0 aromatic carbocycles. The highest BCUT2D eigenvalue weighted by atomic mass is 16.5. The van der Waals surface area contributed by atoms with Crippen LogP contribution in [-0.4, -0.2) is 17.6 Å². The van der Waals surface area contributed by atoms with Crippen LogP contribution in [0.2, 0.25) is 0 Å². The van der Waals surface area contributed by atoms with Crippen molar-refractivity contribution in [3.8, 4) is 12.1 Å². The van der Waals surface area contributed by atoms with E-state index in [-0.39, 0.29) is 6.61 Å². The summed E-state index contributed by atoms with van der Waals surface area (Å²) in [6.07, 6.45) is 4.06. The average molecular weight is 283 g/mol. The molecule has 1 aliphatic carbocycles. The largest absolute Gasteiger partial charge is 0.465 e. The summed E-state index contributed by atoms with van der Waals surface area (Å²) in [4.78, 5) is 16.6. The molecule has 5 nitrogen and oxygen atoms in total. The van der Waals surface area contributed by atoms with Gasteiger partial charge in [0.2, 0.25) is 0 Å². The number of nitrogens with zero attached hydrogens (tertiary/aromatic N) is 3. The van der Waals surface area contributed by atoms with E-state index in [1.54, 1.807) is 26.1 Å². The van der Waals surface area contributed by atoms with Crippen molar-refractivity contribution in [3.63, 3.8) is 0 Å². The van der Waals surface area contributed by atoms with Crippen molar-refractivity contribution in [3.05, 3.63) is 29.6 Å². The Labute approximate surface area is 124 Å². The molecule has 1 aromatic heterocycles. The van der Waals surface area contributed by atoms with Crippen LogP contribution in [-0.2, 0) is 14.9 Å². The topological polar surface area (TPSA) is 86.8 Å². The lowest BCUT2D eigenvalue weighted by Crippen LogP contribution is -2.41. The maximum absolute atomic E-state index is 12.3. The Balaban J connectivity index is 2.41. The Hall–Kier alpha value is -2.40. The molecule has 1 heterocycles. The SMILES string of the molecule is CCOC(=O)C(C)(c1ccc(C2CC2)cn1)C(C#N)C#N. The lowest BCUT2D eigenvalue weighted by Gasteiger charge is -2.27. The fraction of sp³-hybridized carbons (Fsp3) is 0.500. The Morgan fingerprint density at radius 3 is 2.57 bits per heavy atom. The van der Waals surface area contributed by atoms with E-state index in [0.29, 0.717) is 11.6 Å². The normalized spacial score (nSPS) is 16.6. The molecule has 21 heavy (non-hydrogen) atoms. The number of ether oxygens (including phenoxy) is 1. The van der Waals surface area contributed by atoms with E-state index in [4.69, 9.17) is 4.74 Å². The van der Waals surface area contributed by atoms with Crippen molar-refractivity contribution in [2.75, 3.05) is 6.61 Å². The smallest absolute Gasteiger partial charge is 0.320 e. The second-order valence-corrected chi connectivity index (χ2v) is 5.37. The number of carbonyl (C=O) groups is 1. The van der Waals surface area contributed by atoms with Crippen molar-refractivity contribution in [1.82, 2.24) is 4.98 Å². The van der Waals surface area contributed by atoms with Gasteiger partial charge in [0.1, 0.15) is 5.41 Å². The first-order chi connectivity index (χ1) is 10.1. The molecular weight excluding hydrogens is 266 g/mol. The van der Waals surface area contributed by atoms with E-state index in [2.05, 4.69) is 4.98 Å². The van der Waals surface area contributed by atoms with Gasteiger partial charge in [-0.3, -0.25) is 9.78 Å². The summed E-state index contributed by atoms with van der Waals surface area (Å²) in [5.41, 5.74) is 0.163. The number of hydrogen-bond acceptors (Lipinski definition) is 5. The van der Waals surface area contributed by atoms with Crippen molar-refractivity contribution in [1.29, 1.82) is 10.5 Å². The van der Waals surface area contributed by atoms with Gasteiger partial charge in [-0.05, 0) is 44.2 Å². The summed E-state index contributed by atoms with van der Waals surface area (Å²) in [6, 6.07) is 7.40. The number of carbonyl (C=O) groups excluding carboxylic acids is 1. The van der Waals surface area contributed by atoms with E-state index in [1.165, 1.54) is 0 Å². The highest BCUT2D eigenvalue weighted by molar-refractivity contribution is 5.83. The van der Waals surface area contributed by atoms with Gasteiger partial charge >= 0.3 is 5.97 Å². The number of esters is 1. The van der Waals surface area contributed by atoms with Gasteiger partial charge in [0.25, 0.3) is 0 Å². The average Bonchev–Trinajstić information content (AvgIpc) is 3.33. The molecule has 1 fully saturated rings. The van der Waals surface area contributed by atoms with Crippen molar-refractivity contribution >= 4 is 5.97 Å². The van der Waals surface area contributed by atoms with Crippen LogP contribution < -0.4 is 0 Å². The molecule has 0 spiro atoms. The molecule has 1 saturated carbocycles. The molecule has 0 saturated heterocycles. The summed E-state index contributed by atoms with van der Waals surface area (Å²) in [6.45, 7) is 3.43. The van der Waals surface area contributed by atoms with Crippen molar-refractivity contribution in [2.45, 2.75) is 38.0 Å². The summed E-state index contributed by atoms with van der Waals surface area (Å²) >= 11 is 0. The van der Waals surface area contributed by atoms with Crippen LogP contribution in [0.3, 0.4) is 0 Å². The second-order valence-electron chi connectivity index (χ2n) is 5.37. The molecule has 0 N–H and O–H groups in total. The van der Waals surface area contributed by atoms with E-state index in [9.17, 15) is 15.3 Å². The minimum Gasteiger partial charge on any atom is -0.465 e. The minimum absolute atomic E-state index is 0.193. The Bertz CT molecular complexity index is 594. The highest BCUT2D eigenvalue weighted by Crippen LogP contribution is 2.40. The van der Waals surface area contributed by atoms with Gasteiger partial charge < -0.3 is 4.74 Å². The molecule has 0 amide bonds. The van der Waals surface area contributed by atoms with E-state index >= 15 is 0 Å². The maximum Gasteiger partial charge on any atom is 0.320 e. The summed E-state index contributed by atoms with van der Waals surface area (Å²) in [5.74, 6) is -1.18. The van der Waals surface area contributed by atoms with Gasteiger partial charge in [-0.25, -0.2) is 0 Å². The predicted octanol–water partition coefficient (Wildman–Crippen LogP) is 2.44.